The van der Waals surface area contributed by atoms with Crippen LogP contribution in [0, 0.1) is 11.3 Å². The second kappa shape index (κ2) is 6.72. The fourth-order valence-corrected chi connectivity index (χ4v) is 3.17. The van der Waals surface area contributed by atoms with Gasteiger partial charge in [0, 0.05) is 22.3 Å². The van der Waals surface area contributed by atoms with Gasteiger partial charge in [0.05, 0.1) is 0 Å². The van der Waals surface area contributed by atoms with E-state index in [1.165, 1.54) is 16.2 Å². The first-order chi connectivity index (χ1) is 8.37. The molecule has 1 aromatic heterocycles. The van der Waals surface area contributed by atoms with Crippen LogP contribution in [-0.4, -0.2) is 12.6 Å². The molecular formula is C16H29NS. The maximum atomic E-state index is 3.61. The van der Waals surface area contributed by atoms with Crippen molar-refractivity contribution in [2.24, 2.45) is 11.3 Å². The third-order valence-corrected chi connectivity index (χ3v) is 5.18. The van der Waals surface area contributed by atoms with Crippen LogP contribution in [0.2, 0.25) is 0 Å². The number of hydrogen-bond donors (Lipinski definition) is 1. The summed E-state index contributed by atoms with van der Waals surface area (Å²) in [4.78, 5) is 3.04. The van der Waals surface area contributed by atoms with E-state index < -0.39 is 0 Å². The van der Waals surface area contributed by atoms with Crippen molar-refractivity contribution < 1.29 is 0 Å². The van der Waals surface area contributed by atoms with Crippen LogP contribution < -0.4 is 5.32 Å². The Morgan fingerprint density at radius 1 is 1.17 bits per heavy atom. The van der Waals surface area contributed by atoms with Crippen LogP contribution >= 0.6 is 11.3 Å². The van der Waals surface area contributed by atoms with Crippen LogP contribution in [0.3, 0.4) is 0 Å². The molecule has 0 saturated heterocycles. The lowest BCUT2D eigenvalue weighted by Crippen LogP contribution is -2.40. The van der Waals surface area contributed by atoms with Crippen molar-refractivity contribution in [3.05, 3.63) is 21.9 Å². The minimum absolute atomic E-state index is 0.347. The molecule has 1 nitrogen and oxygen atoms in total. The molecule has 0 aliphatic rings. The van der Waals surface area contributed by atoms with Crippen molar-refractivity contribution >= 4 is 11.3 Å². The number of thiophene rings is 1. The summed E-state index contributed by atoms with van der Waals surface area (Å²) >= 11 is 1.98. The summed E-state index contributed by atoms with van der Waals surface area (Å²) < 4.78 is 0. The van der Waals surface area contributed by atoms with E-state index in [9.17, 15) is 0 Å². The molecule has 1 atom stereocenters. The van der Waals surface area contributed by atoms with Crippen LogP contribution in [0.5, 0.6) is 0 Å². The lowest BCUT2D eigenvalue weighted by atomic mass is 9.75. The zero-order valence-corrected chi connectivity index (χ0v) is 13.7. The van der Waals surface area contributed by atoms with Crippen molar-refractivity contribution in [3.63, 3.8) is 0 Å². The zero-order valence-electron chi connectivity index (χ0n) is 12.8. The van der Waals surface area contributed by atoms with Gasteiger partial charge >= 0.3 is 0 Å². The Morgan fingerprint density at radius 3 is 2.22 bits per heavy atom. The van der Waals surface area contributed by atoms with Crippen LogP contribution in [0.1, 0.15) is 51.3 Å². The monoisotopic (exact) mass is 267 g/mol. The highest BCUT2D eigenvalue weighted by Gasteiger charge is 2.29. The number of rotatable bonds is 7. The van der Waals surface area contributed by atoms with Crippen molar-refractivity contribution in [1.82, 2.24) is 5.32 Å². The second-order valence-corrected chi connectivity index (χ2v) is 7.50. The van der Waals surface area contributed by atoms with E-state index in [-0.39, 0.29) is 0 Å². The highest BCUT2D eigenvalue weighted by atomic mass is 32.1. The molecule has 1 N–H and O–H groups in total. The highest BCUT2D eigenvalue weighted by Crippen LogP contribution is 2.33. The Morgan fingerprint density at radius 2 is 1.78 bits per heavy atom. The lowest BCUT2D eigenvalue weighted by molar-refractivity contribution is 0.203. The maximum absolute atomic E-state index is 3.61. The second-order valence-electron chi connectivity index (χ2n) is 6.24. The molecule has 0 bridgehead atoms. The molecular weight excluding hydrogens is 238 g/mol. The van der Waals surface area contributed by atoms with Crippen molar-refractivity contribution in [2.75, 3.05) is 6.54 Å². The summed E-state index contributed by atoms with van der Waals surface area (Å²) in [6.45, 7) is 14.9. The van der Waals surface area contributed by atoms with Crippen LogP contribution in [-0.2, 0) is 12.8 Å². The number of aryl methyl sites for hydroxylation is 1. The summed E-state index contributed by atoms with van der Waals surface area (Å²) in [6.07, 6.45) is 2.35. The molecule has 0 aromatic carbocycles. The molecule has 0 aliphatic heterocycles. The van der Waals surface area contributed by atoms with Gasteiger partial charge < -0.3 is 5.32 Å². The van der Waals surface area contributed by atoms with Gasteiger partial charge in [0.25, 0.3) is 0 Å². The SMILES string of the molecule is CCc1ccc(CC(C)(CNC(C)C)C(C)C)s1. The average molecular weight is 267 g/mol. The third-order valence-electron chi connectivity index (χ3n) is 3.95. The Labute approximate surface area is 117 Å². The van der Waals surface area contributed by atoms with Gasteiger partial charge in [-0.3, -0.25) is 0 Å². The number of nitrogens with one attached hydrogen (secondary N) is 1. The Kier molecular flexibility index (Phi) is 5.87. The van der Waals surface area contributed by atoms with E-state index >= 15 is 0 Å². The van der Waals surface area contributed by atoms with E-state index in [0.717, 1.165) is 13.0 Å². The van der Waals surface area contributed by atoms with E-state index in [0.29, 0.717) is 17.4 Å². The molecule has 0 saturated carbocycles. The third kappa shape index (κ3) is 4.40. The lowest BCUT2D eigenvalue weighted by Gasteiger charge is -2.34. The normalized spacial score (nSPS) is 15.3. The van der Waals surface area contributed by atoms with Crippen LogP contribution in [0.15, 0.2) is 12.1 Å². The van der Waals surface area contributed by atoms with E-state index in [1.807, 2.05) is 11.3 Å². The highest BCUT2D eigenvalue weighted by molar-refractivity contribution is 7.11. The first kappa shape index (κ1) is 15.7. The molecule has 0 radical (unpaired) electrons. The largest absolute Gasteiger partial charge is 0.314 e. The van der Waals surface area contributed by atoms with Gasteiger partial charge in [-0.1, -0.05) is 41.5 Å². The first-order valence-corrected chi connectivity index (χ1v) is 8.00. The zero-order chi connectivity index (χ0) is 13.8. The van der Waals surface area contributed by atoms with Gasteiger partial charge in [0.1, 0.15) is 0 Å². The van der Waals surface area contributed by atoms with Gasteiger partial charge in [-0.25, -0.2) is 0 Å². The molecule has 104 valence electrons. The Hall–Kier alpha value is -0.340. The number of hydrogen-bond acceptors (Lipinski definition) is 2. The summed E-state index contributed by atoms with van der Waals surface area (Å²) in [7, 11) is 0. The average Bonchev–Trinajstić information content (AvgIpc) is 2.73. The summed E-state index contributed by atoms with van der Waals surface area (Å²) in [5, 5.41) is 3.61. The van der Waals surface area contributed by atoms with Crippen molar-refractivity contribution in [3.8, 4) is 0 Å². The van der Waals surface area contributed by atoms with Gasteiger partial charge in [-0.05, 0) is 36.3 Å². The molecule has 1 unspecified atom stereocenters. The molecule has 18 heavy (non-hydrogen) atoms. The van der Waals surface area contributed by atoms with Gasteiger partial charge in [0.2, 0.25) is 0 Å². The predicted octanol–water partition coefficient (Wildman–Crippen LogP) is 4.51. The smallest absolute Gasteiger partial charge is 0.00541 e. The fraction of sp³-hybridized carbons (Fsp3) is 0.750. The van der Waals surface area contributed by atoms with Crippen molar-refractivity contribution in [1.29, 1.82) is 0 Å². The van der Waals surface area contributed by atoms with Crippen molar-refractivity contribution in [2.45, 2.75) is 60.4 Å². The first-order valence-electron chi connectivity index (χ1n) is 7.18. The van der Waals surface area contributed by atoms with Crippen LogP contribution in [0.4, 0.5) is 0 Å². The molecule has 1 heterocycles. The molecule has 0 fully saturated rings. The van der Waals surface area contributed by atoms with E-state index in [4.69, 9.17) is 0 Å². The fourth-order valence-electron chi connectivity index (χ4n) is 2.01. The molecule has 0 aliphatic carbocycles. The quantitative estimate of drug-likeness (QED) is 0.766. The van der Waals surface area contributed by atoms with E-state index in [2.05, 4.69) is 59.0 Å². The standard InChI is InChI=1S/C16H29NS/c1-7-14-8-9-15(18-14)10-16(6,12(2)3)11-17-13(4)5/h8-9,12-13,17H,7,10-11H2,1-6H3. The Bertz CT molecular complexity index is 354. The molecule has 0 amide bonds. The molecule has 1 aromatic rings. The van der Waals surface area contributed by atoms with Gasteiger partial charge in [-0.2, -0.15) is 0 Å². The maximum Gasteiger partial charge on any atom is 0.00541 e. The van der Waals surface area contributed by atoms with Gasteiger partial charge in [-0.15, -0.1) is 11.3 Å². The molecule has 1 rings (SSSR count). The minimum Gasteiger partial charge on any atom is -0.314 e. The Balaban J connectivity index is 2.72. The summed E-state index contributed by atoms with van der Waals surface area (Å²) in [5.74, 6) is 0.691. The summed E-state index contributed by atoms with van der Waals surface area (Å²) in [5.41, 5.74) is 0.347. The summed E-state index contributed by atoms with van der Waals surface area (Å²) in [6, 6.07) is 5.17. The molecule has 2 heteroatoms. The van der Waals surface area contributed by atoms with E-state index in [1.54, 1.807) is 0 Å². The predicted molar refractivity (Wildman–Crippen MR) is 83.5 cm³/mol. The molecule has 0 spiro atoms. The topological polar surface area (TPSA) is 12.0 Å². The minimum atomic E-state index is 0.347. The van der Waals surface area contributed by atoms with Gasteiger partial charge in [0.15, 0.2) is 0 Å². The van der Waals surface area contributed by atoms with Crippen LogP contribution in [0.25, 0.3) is 0 Å².